The van der Waals surface area contributed by atoms with Crippen molar-refractivity contribution in [3.63, 3.8) is 0 Å². The van der Waals surface area contributed by atoms with Gasteiger partial charge in [-0.3, -0.25) is 0 Å². The van der Waals surface area contributed by atoms with Crippen molar-refractivity contribution in [1.29, 1.82) is 0 Å². The van der Waals surface area contributed by atoms with Gasteiger partial charge in [-0.25, -0.2) is 14.6 Å². The predicted octanol–water partition coefficient (Wildman–Crippen LogP) is 3.54. The molecule has 0 fully saturated rings. The van der Waals surface area contributed by atoms with Crippen molar-refractivity contribution in [3.05, 3.63) is 78.0 Å². The third kappa shape index (κ3) is 4.27. The summed E-state index contributed by atoms with van der Waals surface area (Å²) in [5.41, 5.74) is 0.526. The molecule has 0 N–H and O–H groups in total. The fourth-order valence-corrected chi connectivity index (χ4v) is 2.45. The Labute approximate surface area is 161 Å². The number of esters is 2. The van der Waals surface area contributed by atoms with Crippen molar-refractivity contribution in [3.8, 4) is 23.1 Å². The molecule has 0 bridgehead atoms. The predicted molar refractivity (Wildman–Crippen MR) is 100 cm³/mol. The summed E-state index contributed by atoms with van der Waals surface area (Å²) in [4.78, 5) is 28.7. The lowest BCUT2D eigenvalue weighted by Crippen LogP contribution is -2.12. The van der Waals surface area contributed by atoms with Crippen LogP contribution in [0, 0.1) is 0 Å². The molecule has 0 unspecified atom stereocenters. The van der Waals surface area contributed by atoms with E-state index in [9.17, 15) is 9.59 Å². The Balaban J connectivity index is 1.75. The number of nitrogens with zero attached hydrogens (tertiary/aromatic N) is 1. The lowest BCUT2D eigenvalue weighted by atomic mass is 10.2. The van der Waals surface area contributed by atoms with Crippen LogP contribution >= 0.6 is 0 Å². The van der Waals surface area contributed by atoms with Crippen LogP contribution in [-0.4, -0.2) is 31.1 Å². The normalized spacial score (nSPS) is 10.1. The van der Waals surface area contributed by atoms with Gasteiger partial charge in [-0.15, -0.1) is 0 Å². The van der Waals surface area contributed by atoms with E-state index in [4.69, 9.17) is 18.9 Å². The molecule has 0 amide bonds. The average Bonchev–Trinajstić information content (AvgIpc) is 2.73. The van der Waals surface area contributed by atoms with Gasteiger partial charge in [0.05, 0.1) is 14.2 Å². The number of benzene rings is 2. The van der Waals surface area contributed by atoms with E-state index in [1.165, 1.54) is 32.5 Å². The number of para-hydroxylation sites is 2. The highest BCUT2D eigenvalue weighted by Gasteiger charge is 2.17. The zero-order valence-corrected chi connectivity index (χ0v) is 15.2. The molecular formula is C21H17NO6. The second-order valence-electron chi connectivity index (χ2n) is 5.51. The highest BCUT2D eigenvalue weighted by molar-refractivity contribution is 5.94. The molecule has 7 nitrogen and oxygen atoms in total. The summed E-state index contributed by atoms with van der Waals surface area (Å²) in [6, 6.07) is 16.2. The van der Waals surface area contributed by atoms with Gasteiger partial charge in [-0.05, 0) is 30.3 Å². The SMILES string of the molecule is COc1ccccc1C(=O)Oc1ccnc(OC(=O)c2ccccc2OC)c1. The number of rotatable bonds is 6. The number of aromatic nitrogens is 1. The van der Waals surface area contributed by atoms with Crippen LogP contribution < -0.4 is 18.9 Å². The molecule has 0 spiro atoms. The third-order valence-electron chi connectivity index (χ3n) is 3.77. The van der Waals surface area contributed by atoms with Gasteiger partial charge in [0.1, 0.15) is 28.4 Å². The molecule has 1 aromatic heterocycles. The molecule has 2 aromatic carbocycles. The van der Waals surface area contributed by atoms with E-state index >= 15 is 0 Å². The van der Waals surface area contributed by atoms with Crippen LogP contribution in [0.5, 0.6) is 23.1 Å². The van der Waals surface area contributed by atoms with Gasteiger partial charge in [0, 0.05) is 12.3 Å². The fourth-order valence-electron chi connectivity index (χ4n) is 2.45. The quantitative estimate of drug-likeness (QED) is 0.606. The molecule has 0 radical (unpaired) electrons. The summed E-state index contributed by atoms with van der Waals surface area (Å²) in [7, 11) is 2.93. The van der Waals surface area contributed by atoms with Crippen molar-refractivity contribution in [2.45, 2.75) is 0 Å². The van der Waals surface area contributed by atoms with E-state index in [0.717, 1.165) is 0 Å². The molecule has 3 rings (SSSR count). The van der Waals surface area contributed by atoms with E-state index in [0.29, 0.717) is 11.5 Å². The molecule has 0 aliphatic rings. The lowest BCUT2D eigenvalue weighted by Gasteiger charge is -2.10. The van der Waals surface area contributed by atoms with Crippen molar-refractivity contribution in [2.75, 3.05) is 14.2 Å². The van der Waals surface area contributed by atoms with Crippen LogP contribution in [0.2, 0.25) is 0 Å². The Morgan fingerprint density at radius 3 is 1.86 bits per heavy atom. The van der Waals surface area contributed by atoms with E-state index in [1.54, 1.807) is 48.5 Å². The molecule has 0 aliphatic heterocycles. The van der Waals surface area contributed by atoms with Crippen molar-refractivity contribution in [2.24, 2.45) is 0 Å². The summed E-state index contributed by atoms with van der Waals surface area (Å²) >= 11 is 0. The van der Waals surface area contributed by atoms with E-state index in [2.05, 4.69) is 4.98 Å². The minimum Gasteiger partial charge on any atom is -0.496 e. The first-order valence-electron chi connectivity index (χ1n) is 8.29. The Kier molecular flexibility index (Phi) is 5.86. The summed E-state index contributed by atoms with van der Waals surface area (Å²) in [5.74, 6) is -0.311. The molecule has 0 saturated heterocycles. The van der Waals surface area contributed by atoms with E-state index in [-0.39, 0.29) is 22.8 Å². The number of methoxy groups -OCH3 is 2. The van der Waals surface area contributed by atoms with Crippen LogP contribution in [0.3, 0.4) is 0 Å². The van der Waals surface area contributed by atoms with E-state index in [1.807, 2.05) is 0 Å². The lowest BCUT2D eigenvalue weighted by molar-refractivity contribution is 0.0723. The number of ether oxygens (including phenoxy) is 4. The molecule has 1 heterocycles. The molecule has 3 aromatic rings. The molecule has 7 heteroatoms. The molecule has 0 saturated carbocycles. The Morgan fingerprint density at radius 1 is 0.750 bits per heavy atom. The van der Waals surface area contributed by atoms with Gasteiger partial charge in [0.15, 0.2) is 0 Å². The summed E-state index contributed by atoms with van der Waals surface area (Å²) in [5, 5.41) is 0. The number of pyridine rings is 1. The van der Waals surface area contributed by atoms with Crippen LogP contribution in [-0.2, 0) is 0 Å². The van der Waals surface area contributed by atoms with Crippen LogP contribution in [0.1, 0.15) is 20.7 Å². The molecule has 0 aliphatic carbocycles. The summed E-state index contributed by atoms with van der Waals surface area (Å²) in [6.07, 6.45) is 1.37. The molecule has 0 atom stereocenters. The topological polar surface area (TPSA) is 84.0 Å². The van der Waals surface area contributed by atoms with Crippen LogP contribution in [0.25, 0.3) is 0 Å². The minimum atomic E-state index is -0.641. The molecule has 28 heavy (non-hydrogen) atoms. The molecule has 142 valence electrons. The number of hydrogen-bond acceptors (Lipinski definition) is 7. The summed E-state index contributed by atoms with van der Waals surface area (Å²) in [6.45, 7) is 0. The first kappa shape index (κ1) is 18.9. The van der Waals surface area contributed by atoms with Gasteiger partial charge in [0.25, 0.3) is 0 Å². The Hall–Kier alpha value is -3.87. The monoisotopic (exact) mass is 379 g/mol. The maximum Gasteiger partial charge on any atom is 0.348 e. The zero-order chi connectivity index (χ0) is 19.9. The van der Waals surface area contributed by atoms with Crippen LogP contribution in [0.15, 0.2) is 66.9 Å². The average molecular weight is 379 g/mol. The van der Waals surface area contributed by atoms with E-state index < -0.39 is 11.9 Å². The highest BCUT2D eigenvalue weighted by Crippen LogP contribution is 2.24. The largest absolute Gasteiger partial charge is 0.496 e. The van der Waals surface area contributed by atoms with Gasteiger partial charge in [-0.2, -0.15) is 0 Å². The second-order valence-corrected chi connectivity index (χ2v) is 5.51. The number of carbonyl (C=O) groups is 2. The second kappa shape index (κ2) is 8.68. The maximum atomic E-state index is 12.4. The van der Waals surface area contributed by atoms with Gasteiger partial charge >= 0.3 is 11.9 Å². The highest BCUT2D eigenvalue weighted by atomic mass is 16.6. The maximum absolute atomic E-state index is 12.4. The minimum absolute atomic E-state index is 0.0127. The standard InChI is InChI=1S/C21H17NO6/c1-25-17-9-5-3-7-15(17)20(23)27-14-11-12-22-19(13-14)28-21(24)16-8-4-6-10-18(16)26-2/h3-13H,1-2H3. The summed E-state index contributed by atoms with van der Waals surface area (Å²) < 4.78 is 20.9. The number of carbonyl (C=O) groups excluding carboxylic acids is 2. The Bertz CT molecular complexity index is 925. The number of hydrogen-bond donors (Lipinski definition) is 0. The third-order valence-corrected chi connectivity index (χ3v) is 3.77. The first-order chi connectivity index (χ1) is 13.6. The smallest absolute Gasteiger partial charge is 0.348 e. The van der Waals surface area contributed by atoms with Gasteiger partial charge in [0.2, 0.25) is 5.88 Å². The van der Waals surface area contributed by atoms with Gasteiger partial charge in [-0.1, -0.05) is 24.3 Å². The first-order valence-corrected chi connectivity index (χ1v) is 8.29. The Morgan fingerprint density at radius 2 is 1.29 bits per heavy atom. The fraction of sp³-hybridized carbons (Fsp3) is 0.0952. The van der Waals surface area contributed by atoms with Gasteiger partial charge < -0.3 is 18.9 Å². The van der Waals surface area contributed by atoms with Crippen molar-refractivity contribution in [1.82, 2.24) is 4.98 Å². The zero-order valence-electron chi connectivity index (χ0n) is 15.2. The van der Waals surface area contributed by atoms with Crippen molar-refractivity contribution < 1.29 is 28.5 Å². The van der Waals surface area contributed by atoms with Crippen LogP contribution in [0.4, 0.5) is 0 Å². The molecular weight excluding hydrogens is 362 g/mol. The van der Waals surface area contributed by atoms with Crippen molar-refractivity contribution >= 4 is 11.9 Å².